The lowest BCUT2D eigenvalue weighted by atomic mass is 9.95. The summed E-state index contributed by atoms with van der Waals surface area (Å²) >= 11 is 0. The maximum atomic E-state index is 10.0. The Kier molecular flexibility index (Phi) is 5.83. The van der Waals surface area contributed by atoms with Gasteiger partial charge >= 0.3 is 0 Å². The van der Waals surface area contributed by atoms with Gasteiger partial charge in [0.1, 0.15) is 6.10 Å². The lowest BCUT2D eigenvalue weighted by Crippen LogP contribution is -2.28. The number of benzene rings is 1. The summed E-state index contributed by atoms with van der Waals surface area (Å²) in [7, 11) is 0. The summed E-state index contributed by atoms with van der Waals surface area (Å²) in [6.45, 7) is 5.46. The molecule has 0 radical (unpaired) electrons. The Morgan fingerprint density at radius 1 is 1.37 bits per heavy atom. The molecule has 2 N–H and O–H groups in total. The van der Waals surface area contributed by atoms with Crippen molar-refractivity contribution in [2.75, 3.05) is 26.3 Å². The molecule has 0 aliphatic carbocycles. The third-order valence-corrected chi connectivity index (χ3v) is 3.83. The Bertz CT molecular complexity index is 375. The van der Waals surface area contributed by atoms with Gasteiger partial charge in [0.2, 0.25) is 0 Å². The quantitative estimate of drug-likeness (QED) is 0.775. The van der Waals surface area contributed by atoms with Gasteiger partial charge in [-0.1, -0.05) is 29.8 Å². The molecular weight excluding hydrogens is 238 g/mol. The van der Waals surface area contributed by atoms with E-state index < -0.39 is 6.10 Å². The van der Waals surface area contributed by atoms with Crippen LogP contribution in [-0.2, 0) is 4.74 Å². The van der Waals surface area contributed by atoms with E-state index in [0.29, 0.717) is 6.61 Å². The van der Waals surface area contributed by atoms with Crippen LogP contribution in [0, 0.1) is 12.8 Å². The van der Waals surface area contributed by atoms with Crippen LogP contribution in [-0.4, -0.2) is 31.4 Å². The second-order valence-electron chi connectivity index (χ2n) is 5.49. The highest BCUT2D eigenvalue weighted by Gasteiger charge is 2.13. The smallest absolute Gasteiger partial charge is 0.102 e. The van der Waals surface area contributed by atoms with Crippen molar-refractivity contribution < 1.29 is 9.84 Å². The van der Waals surface area contributed by atoms with Crippen molar-refractivity contribution in [3.05, 3.63) is 35.4 Å². The summed E-state index contributed by atoms with van der Waals surface area (Å²) in [5, 5.41) is 13.4. The van der Waals surface area contributed by atoms with Crippen molar-refractivity contribution in [1.29, 1.82) is 0 Å². The molecule has 1 aliphatic heterocycles. The number of piperidine rings is 1. The van der Waals surface area contributed by atoms with Crippen LogP contribution in [0.2, 0.25) is 0 Å². The molecule has 1 aromatic carbocycles. The Morgan fingerprint density at radius 2 is 2.16 bits per heavy atom. The van der Waals surface area contributed by atoms with Crippen LogP contribution >= 0.6 is 0 Å². The maximum absolute atomic E-state index is 10.0. The number of hydrogen-bond donors (Lipinski definition) is 2. The first-order valence-corrected chi connectivity index (χ1v) is 7.29. The molecule has 19 heavy (non-hydrogen) atoms. The predicted molar refractivity (Wildman–Crippen MR) is 77.2 cm³/mol. The van der Waals surface area contributed by atoms with Gasteiger partial charge in [0, 0.05) is 6.61 Å². The van der Waals surface area contributed by atoms with Gasteiger partial charge in [-0.05, 0) is 50.8 Å². The average Bonchev–Trinajstić information content (AvgIpc) is 2.44. The SMILES string of the molecule is Cc1cccc(C(O)COCCC2CCNCC2)c1. The number of ether oxygens (including phenoxy) is 1. The molecule has 1 atom stereocenters. The van der Waals surface area contributed by atoms with Gasteiger partial charge in [-0.2, -0.15) is 0 Å². The number of rotatable bonds is 6. The fourth-order valence-corrected chi connectivity index (χ4v) is 2.59. The third-order valence-electron chi connectivity index (χ3n) is 3.83. The molecule has 0 spiro atoms. The first-order valence-electron chi connectivity index (χ1n) is 7.29. The molecule has 1 aromatic rings. The standard InChI is InChI=1S/C16H25NO2/c1-13-3-2-4-15(11-13)16(18)12-19-10-7-14-5-8-17-9-6-14/h2-4,11,14,16-18H,5-10,12H2,1H3. The molecule has 106 valence electrons. The molecule has 1 saturated heterocycles. The number of aliphatic hydroxyl groups excluding tert-OH is 1. The third kappa shape index (κ3) is 4.94. The van der Waals surface area contributed by atoms with E-state index in [1.54, 1.807) is 0 Å². The first kappa shape index (κ1) is 14.5. The highest BCUT2D eigenvalue weighted by atomic mass is 16.5. The average molecular weight is 263 g/mol. The zero-order chi connectivity index (χ0) is 13.5. The van der Waals surface area contributed by atoms with Crippen molar-refractivity contribution in [3.63, 3.8) is 0 Å². The van der Waals surface area contributed by atoms with Crippen LogP contribution in [0.3, 0.4) is 0 Å². The molecule has 3 nitrogen and oxygen atoms in total. The van der Waals surface area contributed by atoms with E-state index in [9.17, 15) is 5.11 Å². The highest BCUT2D eigenvalue weighted by molar-refractivity contribution is 5.23. The Balaban J connectivity index is 1.64. The molecule has 1 unspecified atom stereocenters. The number of aryl methyl sites for hydroxylation is 1. The minimum atomic E-state index is -0.507. The summed E-state index contributed by atoms with van der Waals surface area (Å²) in [6.07, 6.45) is 3.11. The minimum absolute atomic E-state index is 0.397. The minimum Gasteiger partial charge on any atom is -0.386 e. The van der Waals surface area contributed by atoms with Gasteiger partial charge < -0.3 is 15.2 Å². The highest BCUT2D eigenvalue weighted by Crippen LogP contribution is 2.17. The van der Waals surface area contributed by atoms with Gasteiger partial charge in [0.25, 0.3) is 0 Å². The van der Waals surface area contributed by atoms with Gasteiger partial charge in [-0.25, -0.2) is 0 Å². The van der Waals surface area contributed by atoms with Crippen LogP contribution in [0.15, 0.2) is 24.3 Å². The van der Waals surface area contributed by atoms with Crippen LogP contribution in [0.1, 0.15) is 36.5 Å². The maximum Gasteiger partial charge on any atom is 0.102 e. The van der Waals surface area contributed by atoms with E-state index in [1.165, 1.54) is 18.4 Å². The Labute approximate surface area is 116 Å². The summed E-state index contributed by atoms with van der Waals surface area (Å²) in [4.78, 5) is 0. The molecule has 0 saturated carbocycles. The fourth-order valence-electron chi connectivity index (χ4n) is 2.59. The molecule has 0 aromatic heterocycles. The molecule has 1 heterocycles. The van der Waals surface area contributed by atoms with Crippen molar-refractivity contribution in [1.82, 2.24) is 5.32 Å². The van der Waals surface area contributed by atoms with E-state index in [1.807, 2.05) is 31.2 Å². The van der Waals surface area contributed by atoms with Crippen molar-refractivity contribution >= 4 is 0 Å². The number of nitrogens with one attached hydrogen (secondary N) is 1. The molecule has 1 fully saturated rings. The topological polar surface area (TPSA) is 41.5 Å². The van der Waals surface area contributed by atoms with E-state index in [0.717, 1.165) is 37.6 Å². The van der Waals surface area contributed by atoms with E-state index in [2.05, 4.69) is 5.32 Å². The van der Waals surface area contributed by atoms with Gasteiger partial charge in [0.05, 0.1) is 6.61 Å². The van der Waals surface area contributed by atoms with E-state index in [4.69, 9.17) is 4.74 Å². The molecule has 3 heteroatoms. The van der Waals surface area contributed by atoms with Crippen molar-refractivity contribution in [2.45, 2.75) is 32.3 Å². The zero-order valence-corrected chi connectivity index (χ0v) is 11.8. The fraction of sp³-hybridized carbons (Fsp3) is 0.625. The van der Waals surface area contributed by atoms with Gasteiger partial charge in [-0.3, -0.25) is 0 Å². The first-order chi connectivity index (χ1) is 9.25. The van der Waals surface area contributed by atoms with Crippen molar-refractivity contribution in [2.24, 2.45) is 5.92 Å². The molecule has 2 rings (SSSR count). The normalized spacial score (nSPS) is 18.4. The lowest BCUT2D eigenvalue weighted by Gasteiger charge is -2.22. The van der Waals surface area contributed by atoms with Crippen LogP contribution in [0.5, 0.6) is 0 Å². The second-order valence-corrected chi connectivity index (χ2v) is 5.49. The molecular formula is C16H25NO2. The lowest BCUT2D eigenvalue weighted by molar-refractivity contribution is 0.0292. The second kappa shape index (κ2) is 7.63. The summed E-state index contributed by atoms with van der Waals surface area (Å²) in [5.41, 5.74) is 2.12. The molecule has 0 amide bonds. The number of hydrogen-bond acceptors (Lipinski definition) is 3. The number of aliphatic hydroxyl groups is 1. The van der Waals surface area contributed by atoms with Crippen LogP contribution < -0.4 is 5.32 Å². The van der Waals surface area contributed by atoms with Crippen LogP contribution in [0.25, 0.3) is 0 Å². The summed E-state index contributed by atoms with van der Waals surface area (Å²) in [5.74, 6) is 0.789. The molecule has 0 bridgehead atoms. The van der Waals surface area contributed by atoms with E-state index >= 15 is 0 Å². The Morgan fingerprint density at radius 3 is 2.89 bits per heavy atom. The largest absolute Gasteiger partial charge is 0.386 e. The Hall–Kier alpha value is -0.900. The van der Waals surface area contributed by atoms with Gasteiger partial charge in [0.15, 0.2) is 0 Å². The molecule has 1 aliphatic rings. The predicted octanol–water partition coefficient (Wildman–Crippen LogP) is 2.43. The zero-order valence-electron chi connectivity index (χ0n) is 11.8. The van der Waals surface area contributed by atoms with E-state index in [-0.39, 0.29) is 0 Å². The monoisotopic (exact) mass is 263 g/mol. The summed E-state index contributed by atoms with van der Waals surface area (Å²) < 4.78 is 5.62. The van der Waals surface area contributed by atoms with Gasteiger partial charge in [-0.15, -0.1) is 0 Å². The van der Waals surface area contributed by atoms with Crippen molar-refractivity contribution in [3.8, 4) is 0 Å². The van der Waals surface area contributed by atoms with Crippen LogP contribution in [0.4, 0.5) is 0 Å². The summed E-state index contributed by atoms with van der Waals surface area (Å²) in [6, 6.07) is 7.98.